The molecule has 1 saturated heterocycles. The summed E-state index contributed by atoms with van der Waals surface area (Å²) < 4.78 is 27.7. The monoisotopic (exact) mass is 457 g/mol. The molecule has 8 heteroatoms. The lowest BCUT2D eigenvalue weighted by Crippen LogP contribution is -2.53. The second kappa shape index (κ2) is 9.83. The van der Waals surface area contributed by atoms with Gasteiger partial charge in [0.15, 0.2) is 5.78 Å². The molecule has 32 heavy (non-hydrogen) atoms. The van der Waals surface area contributed by atoms with Crippen LogP contribution in [0.4, 0.5) is 5.69 Å². The van der Waals surface area contributed by atoms with E-state index in [9.17, 15) is 18.0 Å². The first-order valence-corrected chi connectivity index (χ1v) is 12.3. The number of amides is 1. The molecular weight excluding hydrogens is 426 g/mol. The van der Waals surface area contributed by atoms with E-state index in [0.29, 0.717) is 23.4 Å². The molecule has 172 valence electrons. The lowest BCUT2D eigenvalue weighted by atomic mass is 9.98. The quantitative estimate of drug-likeness (QED) is 0.590. The third-order valence-electron chi connectivity index (χ3n) is 5.86. The van der Waals surface area contributed by atoms with E-state index in [-0.39, 0.29) is 22.1 Å². The fraction of sp³-hybridized carbons (Fsp3) is 0.417. The highest BCUT2D eigenvalue weighted by molar-refractivity contribution is 7.92. The van der Waals surface area contributed by atoms with E-state index in [2.05, 4.69) is 28.8 Å². The van der Waals surface area contributed by atoms with Gasteiger partial charge in [-0.15, -0.1) is 0 Å². The minimum absolute atomic E-state index is 0.0595. The fourth-order valence-corrected chi connectivity index (χ4v) is 4.84. The number of benzene rings is 2. The van der Waals surface area contributed by atoms with Gasteiger partial charge in [0.25, 0.3) is 15.9 Å². The first-order valence-electron chi connectivity index (χ1n) is 10.9. The van der Waals surface area contributed by atoms with Gasteiger partial charge in [0.05, 0.1) is 4.90 Å². The normalized spacial score (nSPS) is 15.2. The molecule has 0 atom stereocenters. The zero-order valence-corrected chi connectivity index (χ0v) is 19.7. The minimum Gasteiger partial charge on any atom is -0.350 e. The summed E-state index contributed by atoms with van der Waals surface area (Å²) >= 11 is 0. The van der Waals surface area contributed by atoms with Crippen molar-refractivity contribution in [2.75, 3.05) is 24.4 Å². The fourth-order valence-electron chi connectivity index (χ4n) is 3.78. The van der Waals surface area contributed by atoms with Crippen molar-refractivity contribution in [3.8, 4) is 0 Å². The van der Waals surface area contributed by atoms with E-state index in [1.165, 1.54) is 50.5 Å². The number of hydrogen-bond acceptors (Lipinski definition) is 5. The molecule has 1 heterocycles. The highest BCUT2D eigenvalue weighted by Crippen LogP contribution is 2.21. The van der Waals surface area contributed by atoms with E-state index in [1.54, 1.807) is 24.3 Å². The van der Waals surface area contributed by atoms with Crippen LogP contribution in [0.1, 0.15) is 60.7 Å². The van der Waals surface area contributed by atoms with Gasteiger partial charge in [-0.05, 0) is 83.1 Å². The lowest BCUT2D eigenvalue weighted by molar-refractivity contribution is 0.0797. The van der Waals surface area contributed by atoms with Gasteiger partial charge in [-0.3, -0.25) is 19.2 Å². The van der Waals surface area contributed by atoms with Gasteiger partial charge in [-0.2, -0.15) is 0 Å². The van der Waals surface area contributed by atoms with Gasteiger partial charge in [-0.1, -0.05) is 18.6 Å². The Balaban J connectivity index is 1.60. The number of Topliss-reactive ketones (excluding diaryl/α,β-unsaturated/α-hetero) is 1. The number of hydrogen-bond donors (Lipinski definition) is 2. The first-order chi connectivity index (χ1) is 15.1. The highest BCUT2D eigenvalue weighted by atomic mass is 32.2. The average molecular weight is 458 g/mol. The van der Waals surface area contributed by atoms with Crippen molar-refractivity contribution < 1.29 is 18.0 Å². The summed E-state index contributed by atoms with van der Waals surface area (Å²) in [6.45, 7) is 8.34. The summed E-state index contributed by atoms with van der Waals surface area (Å²) in [5, 5.41) is 3.00. The summed E-state index contributed by atoms with van der Waals surface area (Å²) in [6, 6.07) is 12.1. The van der Waals surface area contributed by atoms with Gasteiger partial charge < -0.3 is 5.32 Å². The number of ketones is 1. The molecule has 7 nitrogen and oxygen atoms in total. The molecule has 3 rings (SSSR count). The maximum atomic E-state index is 12.6. The van der Waals surface area contributed by atoms with Crippen LogP contribution in [0.3, 0.4) is 0 Å². The van der Waals surface area contributed by atoms with Crippen LogP contribution in [-0.4, -0.2) is 50.2 Å². The summed E-state index contributed by atoms with van der Waals surface area (Å²) in [6.07, 6.45) is 3.64. The second-order valence-corrected chi connectivity index (χ2v) is 10.5. The number of sulfonamides is 1. The Morgan fingerprint density at radius 2 is 1.47 bits per heavy atom. The van der Waals surface area contributed by atoms with Crippen LogP contribution < -0.4 is 10.0 Å². The Kier molecular flexibility index (Phi) is 7.36. The lowest BCUT2D eigenvalue weighted by Gasteiger charge is -2.41. The summed E-state index contributed by atoms with van der Waals surface area (Å²) in [5.41, 5.74) is 1.14. The van der Waals surface area contributed by atoms with E-state index >= 15 is 0 Å². The van der Waals surface area contributed by atoms with Crippen molar-refractivity contribution >= 4 is 27.4 Å². The summed E-state index contributed by atoms with van der Waals surface area (Å²) in [4.78, 5) is 26.4. The highest BCUT2D eigenvalue weighted by Gasteiger charge is 2.28. The van der Waals surface area contributed by atoms with Crippen LogP contribution in [0.25, 0.3) is 0 Å². The van der Waals surface area contributed by atoms with E-state index in [0.717, 1.165) is 13.1 Å². The molecule has 1 aliphatic heterocycles. The van der Waals surface area contributed by atoms with Crippen molar-refractivity contribution in [2.24, 2.45) is 0 Å². The summed E-state index contributed by atoms with van der Waals surface area (Å²) in [7, 11) is -3.80. The molecule has 1 amide bonds. The second-order valence-electron chi connectivity index (χ2n) is 8.81. The Morgan fingerprint density at radius 1 is 0.906 bits per heavy atom. The van der Waals surface area contributed by atoms with Crippen molar-refractivity contribution in [3.63, 3.8) is 0 Å². The molecule has 0 saturated carbocycles. The molecule has 1 aliphatic rings. The summed E-state index contributed by atoms with van der Waals surface area (Å²) in [5.74, 6) is -0.320. The van der Waals surface area contributed by atoms with Crippen LogP contribution in [-0.2, 0) is 10.0 Å². The van der Waals surface area contributed by atoms with Crippen molar-refractivity contribution in [3.05, 3.63) is 59.7 Å². The molecule has 2 aromatic carbocycles. The SMILES string of the molecule is CC(=O)c1ccc(S(=O)(=O)Nc2ccc(C(=O)NCC(C)(C)N3CCCCC3)cc2)cc1. The third-order valence-corrected chi connectivity index (χ3v) is 7.26. The minimum atomic E-state index is -3.80. The van der Waals surface area contributed by atoms with Crippen molar-refractivity contribution in [1.82, 2.24) is 10.2 Å². The number of anilines is 1. The number of carbonyl (C=O) groups is 2. The number of rotatable bonds is 8. The number of likely N-dealkylation sites (tertiary alicyclic amines) is 1. The maximum Gasteiger partial charge on any atom is 0.261 e. The molecule has 0 spiro atoms. The molecule has 1 fully saturated rings. The van der Waals surface area contributed by atoms with Crippen molar-refractivity contribution in [1.29, 1.82) is 0 Å². The number of carbonyl (C=O) groups excluding carboxylic acids is 2. The zero-order valence-electron chi connectivity index (χ0n) is 18.8. The van der Waals surface area contributed by atoms with Crippen LogP contribution in [0, 0.1) is 0 Å². The largest absolute Gasteiger partial charge is 0.350 e. The average Bonchev–Trinajstić information content (AvgIpc) is 2.78. The molecule has 0 aliphatic carbocycles. The Labute approximate surface area is 190 Å². The Morgan fingerprint density at radius 3 is 2.03 bits per heavy atom. The Hall–Kier alpha value is -2.71. The predicted octanol–water partition coefficient (Wildman–Crippen LogP) is 3.68. The topological polar surface area (TPSA) is 95.6 Å². The van der Waals surface area contributed by atoms with Crippen molar-refractivity contribution in [2.45, 2.75) is 50.5 Å². The molecule has 0 bridgehead atoms. The molecule has 2 aromatic rings. The molecule has 0 aromatic heterocycles. The molecule has 0 unspecified atom stereocenters. The van der Waals surface area contributed by atoms with E-state index in [1.807, 2.05) is 0 Å². The number of nitrogens with zero attached hydrogens (tertiary/aromatic N) is 1. The third kappa shape index (κ3) is 5.95. The van der Waals surface area contributed by atoms with Gasteiger partial charge in [0.2, 0.25) is 0 Å². The zero-order chi connectivity index (χ0) is 23.4. The van der Waals surface area contributed by atoms with E-state index in [4.69, 9.17) is 0 Å². The molecular formula is C24H31N3O4S. The first kappa shape index (κ1) is 23.9. The molecule has 0 radical (unpaired) electrons. The van der Waals surface area contributed by atoms with E-state index < -0.39 is 10.0 Å². The van der Waals surface area contributed by atoms with Crippen LogP contribution in [0.2, 0.25) is 0 Å². The Bertz CT molecular complexity index is 1060. The van der Waals surface area contributed by atoms with Gasteiger partial charge >= 0.3 is 0 Å². The maximum absolute atomic E-state index is 12.6. The number of piperidine rings is 1. The van der Waals surface area contributed by atoms with Crippen LogP contribution in [0.15, 0.2) is 53.4 Å². The van der Waals surface area contributed by atoms with Crippen LogP contribution >= 0.6 is 0 Å². The number of nitrogens with one attached hydrogen (secondary N) is 2. The van der Waals surface area contributed by atoms with Gasteiger partial charge in [0.1, 0.15) is 0 Å². The predicted molar refractivity (Wildman–Crippen MR) is 126 cm³/mol. The van der Waals surface area contributed by atoms with Gasteiger partial charge in [-0.25, -0.2) is 8.42 Å². The van der Waals surface area contributed by atoms with Crippen LogP contribution in [0.5, 0.6) is 0 Å². The standard InChI is InChI=1S/C24H31N3O4S/c1-18(28)19-9-13-22(14-10-19)32(30,31)26-21-11-7-20(8-12-21)23(29)25-17-24(2,3)27-15-5-4-6-16-27/h7-14,26H,4-6,15-17H2,1-3H3,(H,25,29). The smallest absolute Gasteiger partial charge is 0.261 e. The van der Waals surface area contributed by atoms with Gasteiger partial charge in [0, 0.05) is 28.9 Å². The molecule has 2 N–H and O–H groups in total.